The Balaban J connectivity index is 1.63. The van der Waals surface area contributed by atoms with Crippen LogP contribution in [0.1, 0.15) is 38.5 Å². The third kappa shape index (κ3) is 2.80. The number of thioether (sulfide) groups is 1. The van der Waals surface area contributed by atoms with E-state index in [1.165, 1.54) is 31.4 Å². The van der Waals surface area contributed by atoms with Gasteiger partial charge < -0.3 is 4.74 Å². The molecule has 3 rings (SSSR count). The van der Waals surface area contributed by atoms with Crippen LogP contribution in [0.2, 0.25) is 5.15 Å². The minimum atomic E-state index is 0.348. The molecule has 0 aromatic carbocycles. The smallest absolute Gasteiger partial charge is 0.176 e. The van der Waals surface area contributed by atoms with Gasteiger partial charge in [0.2, 0.25) is 0 Å². The van der Waals surface area contributed by atoms with Gasteiger partial charge in [0, 0.05) is 5.25 Å². The first-order chi connectivity index (χ1) is 8.83. The number of rotatable bonds is 4. The van der Waals surface area contributed by atoms with E-state index in [-0.39, 0.29) is 0 Å². The lowest BCUT2D eigenvalue weighted by molar-refractivity contribution is 0.210. The molecule has 1 aromatic heterocycles. The van der Waals surface area contributed by atoms with Crippen molar-refractivity contribution in [1.82, 2.24) is 9.78 Å². The molecule has 2 aliphatic rings. The van der Waals surface area contributed by atoms with Gasteiger partial charge in [0.25, 0.3) is 0 Å². The van der Waals surface area contributed by atoms with Crippen LogP contribution < -0.4 is 4.74 Å². The fourth-order valence-electron chi connectivity index (χ4n) is 2.73. The number of hydrogen-bond acceptors (Lipinski definition) is 3. The van der Waals surface area contributed by atoms with E-state index >= 15 is 0 Å². The Morgan fingerprint density at radius 3 is 2.89 bits per heavy atom. The summed E-state index contributed by atoms with van der Waals surface area (Å²) >= 11 is 8.38. The molecule has 0 N–H and O–H groups in total. The van der Waals surface area contributed by atoms with Crippen molar-refractivity contribution in [1.29, 1.82) is 0 Å². The zero-order valence-electron chi connectivity index (χ0n) is 10.5. The van der Waals surface area contributed by atoms with Crippen molar-refractivity contribution >= 4 is 23.4 Å². The highest BCUT2D eigenvalue weighted by Gasteiger charge is 2.22. The highest BCUT2D eigenvalue weighted by atomic mass is 35.5. The molecular weight excluding hydrogens is 268 g/mol. The third-order valence-corrected chi connectivity index (χ3v) is 5.50. The van der Waals surface area contributed by atoms with Crippen molar-refractivity contribution in [3.63, 3.8) is 0 Å². The van der Waals surface area contributed by atoms with Crippen LogP contribution in [0.3, 0.4) is 0 Å². The highest BCUT2D eigenvalue weighted by Crippen LogP contribution is 2.32. The van der Waals surface area contributed by atoms with Crippen molar-refractivity contribution < 1.29 is 4.74 Å². The average molecular weight is 287 g/mol. The Kier molecular flexibility index (Phi) is 4.04. The van der Waals surface area contributed by atoms with Gasteiger partial charge in [-0.25, -0.2) is 4.68 Å². The minimum absolute atomic E-state index is 0.348. The lowest BCUT2D eigenvalue weighted by Gasteiger charge is -2.12. The first kappa shape index (κ1) is 12.7. The summed E-state index contributed by atoms with van der Waals surface area (Å²) in [4.78, 5) is 0. The number of hydrogen-bond donors (Lipinski definition) is 0. The van der Waals surface area contributed by atoms with E-state index in [1.54, 1.807) is 6.20 Å². The zero-order chi connectivity index (χ0) is 12.4. The number of aromatic nitrogens is 2. The van der Waals surface area contributed by atoms with E-state index < -0.39 is 0 Å². The molecule has 1 saturated carbocycles. The number of nitrogens with zero attached hydrogens (tertiary/aromatic N) is 2. The van der Waals surface area contributed by atoms with Crippen molar-refractivity contribution in [2.45, 2.75) is 56.4 Å². The maximum atomic E-state index is 6.35. The molecule has 1 unspecified atom stereocenters. The van der Waals surface area contributed by atoms with E-state index in [4.69, 9.17) is 16.3 Å². The Hall–Kier alpha value is -0.350. The molecule has 0 amide bonds. The van der Waals surface area contributed by atoms with Gasteiger partial charge in [-0.1, -0.05) is 11.6 Å². The monoisotopic (exact) mass is 286 g/mol. The van der Waals surface area contributed by atoms with Gasteiger partial charge >= 0.3 is 0 Å². The molecule has 0 bridgehead atoms. The lowest BCUT2D eigenvalue weighted by atomic mass is 10.2. The average Bonchev–Trinajstić information content (AvgIpc) is 3.08. The first-order valence-electron chi connectivity index (χ1n) is 6.82. The van der Waals surface area contributed by atoms with Gasteiger partial charge in [0.15, 0.2) is 10.9 Å². The first-order valence-corrected chi connectivity index (χ1v) is 8.25. The van der Waals surface area contributed by atoms with Crippen molar-refractivity contribution in [3.05, 3.63) is 11.3 Å². The fourth-order valence-corrected chi connectivity index (χ4v) is 4.18. The summed E-state index contributed by atoms with van der Waals surface area (Å²) in [6.07, 6.45) is 9.57. The molecular formula is C13H19ClN2OS. The van der Waals surface area contributed by atoms with E-state index in [0.29, 0.717) is 16.5 Å². The summed E-state index contributed by atoms with van der Waals surface area (Å²) in [5.74, 6) is 2.04. The third-order valence-electron chi connectivity index (χ3n) is 3.74. The van der Waals surface area contributed by atoms with Crippen LogP contribution in [0.25, 0.3) is 0 Å². The van der Waals surface area contributed by atoms with Gasteiger partial charge in [0.1, 0.15) is 0 Å². The quantitative estimate of drug-likeness (QED) is 0.843. The lowest BCUT2D eigenvalue weighted by Crippen LogP contribution is -2.12. The van der Waals surface area contributed by atoms with Crippen LogP contribution in [-0.4, -0.2) is 26.9 Å². The van der Waals surface area contributed by atoms with Crippen LogP contribution in [0, 0.1) is 0 Å². The molecule has 0 radical (unpaired) electrons. The zero-order valence-corrected chi connectivity index (χ0v) is 12.1. The standard InChI is InChI=1S/C13H19ClN2OS/c14-13-12(17-10-4-1-2-5-10)8-15-16(13)9-11-6-3-7-18-11/h8,10-11H,1-7,9H2. The molecule has 1 aliphatic heterocycles. The van der Waals surface area contributed by atoms with Gasteiger partial charge in [-0.3, -0.25) is 0 Å². The topological polar surface area (TPSA) is 27.1 Å². The number of halogens is 1. The van der Waals surface area contributed by atoms with Crippen molar-refractivity contribution in [3.8, 4) is 5.75 Å². The summed E-state index contributed by atoms with van der Waals surface area (Å²) in [6.45, 7) is 0.914. The minimum Gasteiger partial charge on any atom is -0.486 e. The van der Waals surface area contributed by atoms with E-state index in [1.807, 2.05) is 16.4 Å². The second-order valence-corrected chi connectivity index (χ2v) is 6.91. The normalized spacial score (nSPS) is 24.8. The second-order valence-electron chi connectivity index (χ2n) is 5.14. The number of ether oxygens (including phenoxy) is 1. The van der Waals surface area contributed by atoms with Gasteiger partial charge in [-0.2, -0.15) is 16.9 Å². The van der Waals surface area contributed by atoms with E-state index in [0.717, 1.165) is 25.1 Å². The molecule has 1 atom stereocenters. The summed E-state index contributed by atoms with van der Waals surface area (Å²) < 4.78 is 7.83. The SMILES string of the molecule is Clc1c(OC2CCCC2)cnn1CC1CCCS1. The van der Waals surface area contributed by atoms with E-state index in [2.05, 4.69) is 5.10 Å². The largest absolute Gasteiger partial charge is 0.486 e. The molecule has 5 heteroatoms. The van der Waals surface area contributed by atoms with Crippen molar-refractivity contribution in [2.75, 3.05) is 5.75 Å². The molecule has 2 fully saturated rings. The predicted octanol–water partition coefficient (Wildman–Crippen LogP) is 3.75. The molecule has 1 saturated heterocycles. The Labute approximate surface area is 117 Å². The predicted molar refractivity (Wildman–Crippen MR) is 75.6 cm³/mol. The summed E-state index contributed by atoms with van der Waals surface area (Å²) in [7, 11) is 0. The van der Waals surface area contributed by atoms with Crippen LogP contribution in [0.15, 0.2) is 6.20 Å². The van der Waals surface area contributed by atoms with Crippen LogP contribution >= 0.6 is 23.4 Å². The molecule has 3 nitrogen and oxygen atoms in total. The van der Waals surface area contributed by atoms with Gasteiger partial charge in [-0.05, 0) is 44.3 Å². The molecule has 1 aromatic rings. The van der Waals surface area contributed by atoms with Gasteiger partial charge in [-0.15, -0.1) is 0 Å². The fraction of sp³-hybridized carbons (Fsp3) is 0.769. The summed E-state index contributed by atoms with van der Waals surface area (Å²) in [5.41, 5.74) is 0. The summed E-state index contributed by atoms with van der Waals surface area (Å²) in [6, 6.07) is 0. The van der Waals surface area contributed by atoms with Crippen LogP contribution in [-0.2, 0) is 6.54 Å². The van der Waals surface area contributed by atoms with Crippen LogP contribution in [0.4, 0.5) is 0 Å². The molecule has 100 valence electrons. The highest BCUT2D eigenvalue weighted by molar-refractivity contribution is 8.00. The summed E-state index contributed by atoms with van der Waals surface area (Å²) in [5, 5.41) is 5.71. The Morgan fingerprint density at radius 2 is 2.17 bits per heavy atom. The maximum Gasteiger partial charge on any atom is 0.176 e. The van der Waals surface area contributed by atoms with E-state index in [9.17, 15) is 0 Å². The van der Waals surface area contributed by atoms with Crippen molar-refractivity contribution in [2.24, 2.45) is 0 Å². The van der Waals surface area contributed by atoms with Gasteiger partial charge in [0.05, 0.1) is 18.8 Å². The molecule has 2 heterocycles. The Morgan fingerprint density at radius 1 is 1.33 bits per heavy atom. The maximum absolute atomic E-state index is 6.35. The molecule has 0 spiro atoms. The second kappa shape index (κ2) is 5.74. The Bertz CT molecular complexity index is 362. The molecule has 1 aliphatic carbocycles. The molecule has 18 heavy (non-hydrogen) atoms. The van der Waals surface area contributed by atoms with Crippen LogP contribution in [0.5, 0.6) is 5.75 Å².